The van der Waals surface area contributed by atoms with E-state index in [0.717, 1.165) is 38.8 Å². The van der Waals surface area contributed by atoms with Gasteiger partial charge in [0.25, 0.3) is 5.91 Å². The number of aromatic carboxylic acids is 1. The number of amides is 1. The fraction of sp³-hybridized carbons (Fsp3) is 0.350. The highest BCUT2D eigenvalue weighted by atomic mass is 16.4. The maximum atomic E-state index is 12.5. The van der Waals surface area contributed by atoms with E-state index in [1.165, 1.54) is 17.1 Å². The first kappa shape index (κ1) is 22.0. The summed E-state index contributed by atoms with van der Waals surface area (Å²) in [5.74, 6) is -0.909. The fourth-order valence-corrected chi connectivity index (χ4v) is 2.93. The summed E-state index contributed by atoms with van der Waals surface area (Å²) in [6.45, 7) is 1.51. The number of carboxylic acid groups (broad SMARTS) is 1. The molecular formula is C20H25N7O4. The van der Waals surface area contributed by atoms with Gasteiger partial charge in [0.05, 0.1) is 5.69 Å². The van der Waals surface area contributed by atoms with Crippen LogP contribution in [0, 0.1) is 0 Å². The predicted octanol–water partition coefficient (Wildman–Crippen LogP) is 2.35. The number of carbonyl (C=O) groups is 2. The quantitative estimate of drug-likeness (QED) is 0.337. The molecule has 3 aromatic heterocycles. The summed E-state index contributed by atoms with van der Waals surface area (Å²) < 4.78 is 6.74. The van der Waals surface area contributed by atoms with Crippen LogP contribution in [-0.2, 0) is 7.05 Å². The van der Waals surface area contributed by atoms with Crippen LogP contribution in [0.5, 0.6) is 0 Å². The zero-order valence-electron chi connectivity index (χ0n) is 17.2. The average molecular weight is 427 g/mol. The summed E-state index contributed by atoms with van der Waals surface area (Å²) >= 11 is 0. The van der Waals surface area contributed by atoms with Crippen molar-refractivity contribution in [1.82, 2.24) is 19.7 Å². The number of nitrogens with two attached hydrogens (primary N) is 1. The molecule has 3 rings (SSSR count). The molecule has 0 bridgehead atoms. The maximum Gasteiger partial charge on any atom is 0.358 e. The van der Waals surface area contributed by atoms with E-state index in [9.17, 15) is 14.7 Å². The van der Waals surface area contributed by atoms with Gasteiger partial charge in [-0.1, -0.05) is 12.8 Å². The number of hydrogen-bond acceptors (Lipinski definition) is 8. The van der Waals surface area contributed by atoms with Crippen LogP contribution >= 0.6 is 0 Å². The molecule has 0 aliphatic rings. The van der Waals surface area contributed by atoms with Crippen molar-refractivity contribution in [3.63, 3.8) is 0 Å². The molecule has 5 N–H and O–H groups in total. The molecule has 164 valence electrons. The summed E-state index contributed by atoms with van der Waals surface area (Å²) in [7, 11) is 1.56. The van der Waals surface area contributed by atoms with Crippen molar-refractivity contribution in [1.29, 1.82) is 0 Å². The number of aromatic nitrogens is 4. The number of aryl methyl sites for hydroxylation is 1. The van der Waals surface area contributed by atoms with Crippen molar-refractivity contribution in [2.24, 2.45) is 12.8 Å². The molecule has 3 heterocycles. The molecule has 1 amide bonds. The fourth-order valence-electron chi connectivity index (χ4n) is 2.93. The van der Waals surface area contributed by atoms with Crippen LogP contribution in [0.1, 0.15) is 46.7 Å². The monoisotopic (exact) mass is 427 g/mol. The number of rotatable bonds is 11. The first-order valence-corrected chi connectivity index (χ1v) is 9.92. The van der Waals surface area contributed by atoms with Crippen LogP contribution in [0.4, 0.5) is 11.5 Å². The summed E-state index contributed by atoms with van der Waals surface area (Å²) in [5, 5.41) is 18.7. The normalized spacial score (nSPS) is 10.8. The predicted molar refractivity (Wildman–Crippen MR) is 114 cm³/mol. The number of oxazole rings is 1. The minimum atomic E-state index is -1.24. The summed E-state index contributed by atoms with van der Waals surface area (Å²) in [5.41, 5.74) is 5.98. The van der Waals surface area contributed by atoms with Gasteiger partial charge in [0.15, 0.2) is 11.4 Å². The first-order chi connectivity index (χ1) is 15.0. The molecular weight excluding hydrogens is 402 g/mol. The molecule has 0 aliphatic heterocycles. The summed E-state index contributed by atoms with van der Waals surface area (Å²) in [4.78, 5) is 32.2. The molecule has 0 aromatic carbocycles. The Morgan fingerprint density at radius 1 is 1.26 bits per heavy atom. The van der Waals surface area contributed by atoms with Crippen LogP contribution < -0.4 is 16.4 Å². The molecule has 0 radical (unpaired) electrons. The SMILES string of the molecule is Cn1cc(NC(=O)c2coc(-c3ccnc(NCCCCCCN)c3)n2)c(C(=O)O)n1. The Bertz CT molecular complexity index is 1040. The van der Waals surface area contributed by atoms with Crippen LogP contribution in [0.2, 0.25) is 0 Å². The topological polar surface area (TPSA) is 161 Å². The second kappa shape index (κ2) is 10.3. The molecule has 11 nitrogen and oxygen atoms in total. The van der Waals surface area contributed by atoms with Gasteiger partial charge >= 0.3 is 5.97 Å². The number of carboxylic acids is 1. The van der Waals surface area contributed by atoms with Crippen molar-refractivity contribution in [2.75, 3.05) is 23.7 Å². The highest BCUT2D eigenvalue weighted by Crippen LogP contribution is 2.22. The molecule has 31 heavy (non-hydrogen) atoms. The lowest BCUT2D eigenvalue weighted by Crippen LogP contribution is -2.14. The third kappa shape index (κ3) is 5.89. The number of unbranched alkanes of at least 4 members (excludes halogenated alkanes) is 3. The van der Waals surface area contributed by atoms with Gasteiger partial charge in [-0.3, -0.25) is 9.48 Å². The van der Waals surface area contributed by atoms with Crippen LogP contribution in [0.15, 0.2) is 35.2 Å². The molecule has 0 spiro atoms. The molecule has 0 aliphatic carbocycles. The Morgan fingerprint density at radius 3 is 2.84 bits per heavy atom. The molecule has 3 aromatic rings. The Morgan fingerprint density at radius 2 is 2.06 bits per heavy atom. The van der Waals surface area contributed by atoms with E-state index in [1.807, 2.05) is 0 Å². The Balaban J connectivity index is 1.63. The van der Waals surface area contributed by atoms with Crippen molar-refractivity contribution < 1.29 is 19.1 Å². The highest BCUT2D eigenvalue weighted by molar-refractivity contribution is 6.06. The van der Waals surface area contributed by atoms with Crippen LogP contribution in [-0.4, -0.2) is 49.8 Å². The highest BCUT2D eigenvalue weighted by Gasteiger charge is 2.20. The minimum Gasteiger partial charge on any atom is -0.476 e. The molecule has 0 atom stereocenters. The molecule has 0 saturated heterocycles. The number of pyridine rings is 1. The zero-order chi connectivity index (χ0) is 22.2. The van der Waals surface area contributed by atoms with Gasteiger partial charge in [-0.25, -0.2) is 14.8 Å². The van der Waals surface area contributed by atoms with Gasteiger partial charge in [-0.15, -0.1) is 0 Å². The van der Waals surface area contributed by atoms with E-state index in [2.05, 4.69) is 25.7 Å². The largest absolute Gasteiger partial charge is 0.476 e. The van der Waals surface area contributed by atoms with Gasteiger partial charge < -0.3 is 25.9 Å². The van der Waals surface area contributed by atoms with E-state index >= 15 is 0 Å². The Labute approximate surface area is 178 Å². The number of anilines is 2. The van der Waals surface area contributed by atoms with Crippen molar-refractivity contribution in [3.8, 4) is 11.5 Å². The molecule has 0 fully saturated rings. The lowest BCUT2D eigenvalue weighted by molar-refractivity contribution is 0.0690. The smallest absolute Gasteiger partial charge is 0.358 e. The molecule has 0 unspecified atom stereocenters. The zero-order valence-corrected chi connectivity index (χ0v) is 17.2. The van der Waals surface area contributed by atoms with Crippen LogP contribution in [0.25, 0.3) is 11.5 Å². The van der Waals surface area contributed by atoms with E-state index in [0.29, 0.717) is 11.4 Å². The van der Waals surface area contributed by atoms with Gasteiger partial charge in [0, 0.05) is 31.5 Å². The van der Waals surface area contributed by atoms with E-state index < -0.39 is 11.9 Å². The third-order valence-corrected chi connectivity index (χ3v) is 4.46. The van der Waals surface area contributed by atoms with Gasteiger partial charge in [-0.05, 0) is 31.5 Å². The Kier molecular flexibility index (Phi) is 7.33. The van der Waals surface area contributed by atoms with Gasteiger partial charge in [-0.2, -0.15) is 5.10 Å². The second-order valence-electron chi connectivity index (χ2n) is 6.92. The van der Waals surface area contributed by atoms with Crippen molar-refractivity contribution >= 4 is 23.4 Å². The first-order valence-electron chi connectivity index (χ1n) is 9.92. The minimum absolute atomic E-state index is 0.0152. The lowest BCUT2D eigenvalue weighted by Gasteiger charge is -2.06. The number of nitrogens with zero attached hydrogens (tertiary/aromatic N) is 4. The summed E-state index contributed by atoms with van der Waals surface area (Å²) in [6.07, 6.45) is 8.51. The van der Waals surface area contributed by atoms with Gasteiger partial charge in [0.1, 0.15) is 12.1 Å². The van der Waals surface area contributed by atoms with Crippen molar-refractivity contribution in [3.05, 3.63) is 42.2 Å². The lowest BCUT2D eigenvalue weighted by atomic mass is 10.2. The van der Waals surface area contributed by atoms with E-state index in [1.54, 1.807) is 25.4 Å². The Hall–Kier alpha value is -3.73. The standard InChI is InChI=1S/C20H25N7O4/c1-27-11-14(17(26-27)20(29)30)24-18(28)15-12-31-19(25-15)13-6-9-23-16(10-13)22-8-5-3-2-4-7-21/h6,9-12H,2-5,7-8,21H2,1H3,(H,22,23)(H,24,28)(H,29,30). The molecule has 0 saturated carbocycles. The maximum absolute atomic E-state index is 12.5. The van der Waals surface area contributed by atoms with E-state index in [-0.39, 0.29) is 23.0 Å². The number of hydrogen-bond donors (Lipinski definition) is 4. The number of carbonyl (C=O) groups excluding carboxylic acids is 1. The second-order valence-corrected chi connectivity index (χ2v) is 6.92. The number of nitrogens with one attached hydrogen (secondary N) is 2. The average Bonchev–Trinajstić information content (AvgIpc) is 3.38. The summed E-state index contributed by atoms with van der Waals surface area (Å²) in [6, 6.07) is 3.51. The van der Waals surface area contributed by atoms with Gasteiger partial charge in [0.2, 0.25) is 5.89 Å². The third-order valence-electron chi connectivity index (χ3n) is 4.46. The van der Waals surface area contributed by atoms with Crippen LogP contribution in [0.3, 0.4) is 0 Å². The molecule has 11 heteroatoms. The van der Waals surface area contributed by atoms with E-state index in [4.69, 9.17) is 10.2 Å². The van der Waals surface area contributed by atoms with Crippen molar-refractivity contribution in [2.45, 2.75) is 25.7 Å².